The topological polar surface area (TPSA) is 35.5 Å². The van der Waals surface area contributed by atoms with E-state index in [9.17, 15) is 4.79 Å². The molecule has 0 aromatic heterocycles. The van der Waals surface area contributed by atoms with Crippen molar-refractivity contribution in [2.75, 3.05) is 7.11 Å². The fraction of sp³-hybridized carbons (Fsp3) is 0.214. The first-order valence-electron chi connectivity index (χ1n) is 5.35. The molecule has 0 saturated carbocycles. The van der Waals surface area contributed by atoms with Crippen LogP contribution in [-0.2, 0) is 16.1 Å². The summed E-state index contributed by atoms with van der Waals surface area (Å²) in [5.41, 5.74) is 0.929. The van der Waals surface area contributed by atoms with E-state index in [0.717, 1.165) is 11.3 Å². The lowest BCUT2D eigenvalue weighted by Gasteiger charge is -2.03. The van der Waals surface area contributed by atoms with Gasteiger partial charge in [0.1, 0.15) is 12.4 Å². The van der Waals surface area contributed by atoms with Gasteiger partial charge in [0.2, 0.25) is 0 Å². The van der Waals surface area contributed by atoms with Gasteiger partial charge < -0.3 is 9.47 Å². The Morgan fingerprint density at radius 1 is 1.24 bits per heavy atom. The minimum Gasteiger partial charge on any atom is -0.497 e. The number of allylic oxidation sites excluding steroid dienone is 3. The first kappa shape index (κ1) is 13.0. The van der Waals surface area contributed by atoms with E-state index in [1.54, 1.807) is 19.3 Å². The van der Waals surface area contributed by atoms with Crippen LogP contribution in [0.2, 0.25) is 0 Å². The Kier molecular flexibility index (Phi) is 5.58. The normalized spacial score (nSPS) is 10.9. The number of hydrogen-bond donors (Lipinski definition) is 0. The number of carbonyl (C=O) groups is 1. The van der Waals surface area contributed by atoms with E-state index >= 15 is 0 Å². The van der Waals surface area contributed by atoms with Crippen molar-refractivity contribution in [2.24, 2.45) is 0 Å². The smallest absolute Gasteiger partial charge is 0.331 e. The predicted octanol–water partition coefficient (Wildman–Crippen LogP) is 2.87. The minimum absolute atomic E-state index is 0.267. The molecule has 0 saturated heterocycles. The number of carbonyl (C=O) groups excluding carboxylic acids is 1. The third-order valence-corrected chi connectivity index (χ3v) is 2.08. The molecule has 0 unspecified atom stereocenters. The molecule has 0 amide bonds. The zero-order chi connectivity index (χ0) is 12.5. The molecule has 17 heavy (non-hydrogen) atoms. The predicted molar refractivity (Wildman–Crippen MR) is 66.7 cm³/mol. The average Bonchev–Trinajstić information content (AvgIpc) is 2.37. The molecule has 0 spiro atoms. The summed E-state index contributed by atoms with van der Waals surface area (Å²) in [6, 6.07) is 7.39. The van der Waals surface area contributed by atoms with E-state index < -0.39 is 0 Å². The van der Waals surface area contributed by atoms with Crippen molar-refractivity contribution in [3.8, 4) is 5.75 Å². The van der Waals surface area contributed by atoms with Gasteiger partial charge in [0, 0.05) is 6.08 Å². The fourth-order valence-electron chi connectivity index (χ4n) is 1.17. The maximum Gasteiger partial charge on any atom is 0.331 e. The summed E-state index contributed by atoms with van der Waals surface area (Å²) in [6.07, 6.45) is 6.65. The van der Waals surface area contributed by atoms with Crippen molar-refractivity contribution in [1.82, 2.24) is 0 Å². The van der Waals surface area contributed by atoms with Crippen molar-refractivity contribution in [1.29, 1.82) is 0 Å². The fourth-order valence-corrected chi connectivity index (χ4v) is 1.17. The average molecular weight is 232 g/mol. The standard InChI is InChI=1S/C14H16O3/c1-3-4-5-6-14(15)17-11-12-7-9-13(16-2)10-8-12/h3-10H,11H2,1-2H3/b4-3+,6-5+. The molecule has 1 aromatic rings. The second-order valence-corrected chi connectivity index (χ2v) is 3.34. The lowest BCUT2D eigenvalue weighted by molar-refractivity contribution is -0.139. The van der Waals surface area contributed by atoms with Gasteiger partial charge in [-0.25, -0.2) is 4.79 Å². The van der Waals surface area contributed by atoms with Gasteiger partial charge in [-0.15, -0.1) is 0 Å². The maximum absolute atomic E-state index is 11.2. The van der Waals surface area contributed by atoms with Crippen LogP contribution in [-0.4, -0.2) is 13.1 Å². The number of ether oxygens (including phenoxy) is 2. The summed E-state index contributed by atoms with van der Waals surface area (Å²) >= 11 is 0. The van der Waals surface area contributed by atoms with Gasteiger partial charge in [-0.3, -0.25) is 0 Å². The van der Waals surface area contributed by atoms with E-state index in [1.165, 1.54) is 6.08 Å². The number of rotatable bonds is 5. The molecule has 0 fully saturated rings. The molecular weight excluding hydrogens is 216 g/mol. The SMILES string of the molecule is C/C=C/C=C/C(=O)OCc1ccc(OC)cc1. The number of esters is 1. The van der Waals surface area contributed by atoms with Gasteiger partial charge in [-0.1, -0.05) is 30.4 Å². The summed E-state index contributed by atoms with van der Waals surface area (Å²) < 4.78 is 10.1. The van der Waals surface area contributed by atoms with Crippen LogP contribution in [0.25, 0.3) is 0 Å². The van der Waals surface area contributed by atoms with Gasteiger partial charge in [-0.2, -0.15) is 0 Å². The highest BCUT2D eigenvalue weighted by atomic mass is 16.5. The quantitative estimate of drug-likeness (QED) is 0.445. The molecule has 0 N–H and O–H groups in total. The van der Waals surface area contributed by atoms with E-state index in [2.05, 4.69) is 0 Å². The Labute approximate surface area is 101 Å². The van der Waals surface area contributed by atoms with Crippen molar-refractivity contribution >= 4 is 5.97 Å². The summed E-state index contributed by atoms with van der Waals surface area (Å²) in [5, 5.41) is 0. The molecule has 0 atom stereocenters. The molecule has 3 heteroatoms. The van der Waals surface area contributed by atoms with Crippen LogP contribution in [0.5, 0.6) is 5.75 Å². The van der Waals surface area contributed by atoms with Gasteiger partial charge in [0.25, 0.3) is 0 Å². The highest BCUT2D eigenvalue weighted by Gasteiger charge is 1.98. The third kappa shape index (κ3) is 5.02. The molecule has 1 aromatic carbocycles. The van der Waals surface area contributed by atoms with Crippen LogP contribution in [0.3, 0.4) is 0 Å². The van der Waals surface area contributed by atoms with Gasteiger partial charge in [0.15, 0.2) is 0 Å². The van der Waals surface area contributed by atoms with Crippen molar-refractivity contribution in [3.05, 3.63) is 54.1 Å². The van der Waals surface area contributed by atoms with Crippen LogP contribution < -0.4 is 4.74 Å². The van der Waals surface area contributed by atoms with E-state index in [1.807, 2.05) is 37.3 Å². The molecule has 0 aliphatic heterocycles. The second-order valence-electron chi connectivity index (χ2n) is 3.34. The lowest BCUT2D eigenvalue weighted by Crippen LogP contribution is -2.00. The first-order chi connectivity index (χ1) is 8.26. The van der Waals surface area contributed by atoms with Crippen molar-refractivity contribution < 1.29 is 14.3 Å². The number of benzene rings is 1. The zero-order valence-electron chi connectivity index (χ0n) is 10.1. The summed E-state index contributed by atoms with van der Waals surface area (Å²) in [7, 11) is 1.61. The molecule has 3 nitrogen and oxygen atoms in total. The lowest BCUT2D eigenvalue weighted by atomic mass is 10.2. The molecule has 0 aliphatic carbocycles. The number of methoxy groups -OCH3 is 1. The van der Waals surface area contributed by atoms with Crippen LogP contribution in [0.4, 0.5) is 0 Å². The minimum atomic E-state index is -0.348. The van der Waals surface area contributed by atoms with Crippen molar-refractivity contribution in [2.45, 2.75) is 13.5 Å². The second kappa shape index (κ2) is 7.28. The highest BCUT2D eigenvalue weighted by Crippen LogP contribution is 2.11. The van der Waals surface area contributed by atoms with Crippen molar-refractivity contribution in [3.63, 3.8) is 0 Å². The van der Waals surface area contributed by atoms with Gasteiger partial charge in [-0.05, 0) is 24.6 Å². The van der Waals surface area contributed by atoms with E-state index in [-0.39, 0.29) is 12.6 Å². The Hall–Kier alpha value is -2.03. The molecule has 0 radical (unpaired) electrons. The largest absolute Gasteiger partial charge is 0.497 e. The van der Waals surface area contributed by atoms with Crippen LogP contribution in [0, 0.1) is 0 Å². The van der Waals surface area contributed by atoms with Crippen LogP contribution in [0.1, 0.15) is 12.5 Å². The Morgan fingerprint density at radius 2 is 1.94 bits per heavy atom. The molecule has 1 rings (SSSR count). The summed E-state index contributed by atoms with van der Waals surface area (Å²) in [5.74, 6) is 0.437. The van der Waals surface area contributed by atoms with Gasteiger partial charge >= 0.3 is 5.97 Å². The Balaban J connectivity index is 2.41. The van der Waals surface area contributed by atoms with E-state index in [4.69, 9.17) is 9.47 Å². The molecule has 0 aliphatic rings. The third-order valence-electron chi connectivity index (χ3n) is 2.08. The van der Waals surface area contributed by atoms with Gasteiger partial charge in [0.05, 0.1) is 7.11 Å². The van der Waals surface area contributed by atoms with Crippen LogP contribution >= 0.6 is 0 Å². The van der Waals surface area contributed by atoms with E-state index in [0.29, 0.717) is 0 Å². The summed E-state index contributed by atoms with van der Waals surface area (Å²) in [6.45, 7) is 2.15. The zero-order valence-corrected chi connectivity index (χ0v) is 10.1. The Bertz CT molecular complexity index is 402. The molecule has 0 bridgehead atoms. The molecule has 0 heterocycles. The first-order valence-corrected chi connectivity index (χ1v) is 5.35. The molecular formula is C14H16O3. The Morgan fingerprint density at radius 3 is 2.53 bits per heavy atom. The molecule has 90 valence electrons. The highest BCUT2D eigenvalue weighted by molar-refractivity contribution is 5.82. The maximum atomic E-state index is 11.2. The summed E-state index contributed by atoms with van der Waals surface area (Å²) in [4.78, 5) is 11.2. The number of hydrogen-bond acceptors (Lipinski definition) is 3. The van der Waals surface area contributed by atoms with Crippen LogP contribution in [0.15, 0.2) is 48.6 Å². The monoisotopic (exact) mass is 232 g/mol.